The molecule has 6 aliphatic rings. The fraction of sp³-hybridized carbons (Fsp3) is 0.493. The molecule has 1 amide bonds. The van der Waals surface area contributed by atoms with Crippen LogP contribution in [-0.2, 0) is 22.5 Å². The highest BCUT2D eigenvalue weighted by atomic mass is 35.5. The van der Waals surface area contributed by atoms with Crippen LogP contribution >= 0.6 is 35.0 Å². The van der Waals surface area contributed by atoms with Gasteiger partial charge in [0.2, 0.25) is 5.91 Å². The van der Waals surface area contributed by atoms with Gasteiger partial charge in [-0.05, 0) is 144 Å². The lowest BCUT2D eigenvalue weighted by Gasteiger charge is -2.35. The van der Waals surface area contributed by atoms with Gasteiger partial charge in [-0.1, -0.05) is 111 Å². The van der Waals surface area contributed by atoms with Crippen molar-refractivity contribution in [2.24, 2.45) is 5.41 Å². The molecule has 3 aromatic heterocycles. The SMILES string of the molecule is CC1(/C=C/C(=O)N2CCCC2)COC1.CCCN(CC)C/C=C/SCCN(C)c1nc(OCC2CCCN2C)nc2c(F)c(-c3cccc4cccc(Cl)c34)ncc12.CNc1nc(OCC23CCCN2CCC3)nc2c1CCN(c1cccc3cccc(Cl)c13)C2. The molecule has 0 radical (unpaired) electrons. The minimum atomic E-state index is -0.514. The van der Waals surface area contributed by atoms with E-state index in [2.05, 4.69) is 98.5 Å². The molecule has 484 valence electrons. The van der Waals surface area contributed by atoms with Gasteiger partial charge in [0.15, 0.2) is 5.82 Å². The predicted molar refractivity (Wildman–Crippen MR) is 371 cm³/mol. The van der Waals surface area contributed by atoms with Crippen molar-refractivity contribution in [3.63, 3.8) is 0 Å². The van der Waals surface area contributed by atoms with E-state index in [1.165, 1.54) is 44.3 Å². The first kappa shape index (κ1) is 66.1. The minimum absolute atomic E-state index is 0.107. The Balaban J connectivity index is 0.000000157. The summed E-state index contributed by atoms with van der Waals surface area (Å²) in [5.41, 5.74) is 4.69. The Hall–Kier alpha value is -6.38. The molecule has 13 rings (SSSR count). The molecular weight excluding hydrogens is 1210 g/mol. The van der Waals surface area contributed by atoms with Gasteiger partial charge in [0.1, 0.15) is 36.1 Å². The van der Waals surface area contributed by atoms with E-state index in [9.17, 15) is 4.79 Å². The quantitative estimate of drug-likeness (QED) is 0.0538. The molecule has 0 spiro atoms. The van der Waals surface area contributed by atoms with Crippen LogP contribution in [0.1, 0.15) is 89.8 Å². The predicted octanol–water partition coefficient (Wildman–Crippen LogP) is 13.6. The van der Waals surface area contributed by atoms with E-state index in [-0.39, 0.29) is 40.1 Å². The van der Waals surface area contributed by atoms with Crippen LogP contribution < -0.4 is 24.6 Å². The number of benzene rings is 4. The van der Waals surface area contributed by atoms with Gasteiger partial charge in [0, 0.05) is 103 Å². The number of thioether (sulfide) groups is 1. The molecule has 4 aromatic carbocycles. The molecule has 0 bridgehead atoms. The molecule has 0 aliphatic carbocycles. The first-order chi connectivity index (χ1) is 44.3. The maximum absolute atomic E-state index is 16.5. The Labute approximate surface area is 550 Å². The summed E-state index contributed by atoms with van der Waals surface area (Å²) in [7, 11) is 6.00. The molecule has 7 aromatic rings. The molecule has 0 saturated carbocycles. The Morgan fingerprint density at radius 2 is 1.57 bits per heavy atom. The summed E-state index contributed by atoms with van der Waals surface area (Å²) in [6.07, 6.45) is 19.1. The van der Waals surface area contributed by atoms with E-state index in [1.807, 2.05) is 78.5 Å². The van der Waals surface area contributed by atoms with Crippen molar-refractivity contribution in [3.05, 3.63) is 130 Å². The Morgan fingerprint density at radius 3 is 2.26 bits per heavy atom. The van der Waals surface area contributed by atoms with Crippen molar-refractivity contribution in [2.45, 2.75) is 103 Å². The number of halogens is 3. The average molecular weight is 1300 g/mol. The summed E-state index contributed by atoms with van der Waals surface area (Å²) >= 11 is 15.0. The molecule has 1 N–H and O–H groups in total. The number of ether oxygens (including phenoxy) is 3. The highest BCUT2D eigenvalue weighted by Gasteiger charge is 2.45. The van der Waals surface area contributed by atoms with E-state index in [0.29, 0.717) is 54.1 Å². The van der Waals surface area contributed by atoms with Gasteiger partial charge in [-0.3, -0.25) is 19.6 Å². The van der Waals surface area contributed by atoms with Gasteiger partial charge >= 0.3 is 12.0 Å². The molecule has 5 saturated heterocycles. The first-order valence-corrected chi connectivity index (χ1v) is 34.6. The number of fused-ring (bicyclic) bond motifs is 5. The molecule has 91 heavy (non-hydrogen) atoms. The van der Waals surface area contributed by atoms with Crippen LogP contribution in [0.5, 0.6) is 12.0 Å². The van der Waals surface area contributed by atoms with Crippen molar-refractivity contribution in [1.29, 1.82) is 0 Å². The summed E-state index contributed by atoms with van der Waals surface area (Å²) in [4.78, 5) is 48.9. The maximum Gasteiger partial charge on any atom is 0.319 e. The van der Waals surface area contributed by atoms with Crippen molar-refractivity contribution >= 4 is 90.6 Å². The molecule has 1 unspecified atom stereocenters. The number of likely N-dealkylation sites (N-methyl/N-ethyl adjacent to an activating group) is 2. The second-order valence-corrected chi connectivity index (χ2v) is 27.2. The van der Waals surface area contributed by atoms with Gasteiger partial charge in [0.25, 0.3) is 0 Å². The van der Waals surface area contributed by atoms with E-state index < -0.39 is 5.82 Å². The number of aromatic nitrogens is 5. The first-order valence-electron chi connectivity index (χ1n) is 32.8. The van der Waals surface area contributed by atoms with Gasteiger partial charge in [-0.25, -0.2) is 4.39 Å². The lowest BCUT2D eigenvalue weighted by molar-refractivity contribution is -0.125. The van der Waals surface area contributed by atoms with Crippen LogP contribution in [0.15, 0.2) is 103 Å². The summed E-state index contributed by atoms with van der Waals surface area (Å²) in [5, 5.41) is 11.3. The number of nitrogens with one attached hydrogen (secondary N) is 1. The molecular formula is C71H89Cl2FN12O4S. The Morgan fingerprint density at radius 1 is 0.857 bits per heavy atom. The van der Waals surface area contributed by atoms with E-state index >= 15 is 4.39 Å². The third kappa shape index (κ3) is 15.5. The monoisotopic (exact) mass is 1290 g/mol. The zero-order valence-electron chi connectivity index (χ0n) is 53.9. The number of anilines is 3. The maximum atomic E-state index is 16.5. The molecule has 9 heterocycles. The van der Waals surface area contributed by atoms with Crippen molar-refractivity contribution in [2.75, 3.05) is 134 Å². The lowest BCUT2D eigenvalue weighted by Crippen LogP contribution is -2.43. The fourth-order valence-corrected chi connectivity index (χ4v) is 15.0. The zero-order chi connectivity index (χ0) is 63.5. The second-order valence-electron chi connectivity index (χ2n) is 25.3. The van der Waals surface area contributed by atoms with Crippen LogP contribution in [-0.4, -0.2) is 181 Å². The van der Waals surface area contributed by atoms with Crippen LogP contribution in [0, 0.1) is 11.2 Å². The summed E-state index contributed by atoms with van der Waals surface area (Å²) in [6.45, 7) is 19.9. The number of hydrogen-bond acceptors (Lipinski definition) is 16. The largest absolute Gasteiger partial charge is 0.462 e. The molecule has 16 nitrogen and oxygen atoms in total. The smallest absolute Gasteiger partial charge is 0.319 e. The van der Waals surface area contributed by atoms with Crippen LogP contribution in [0.25, 0.3) is 43.7 Å². The van der Waals surface area contributed by atoms with Crippen LogP contribution in [0.2, 0.25) is 10.0 Å². The third-order valence-corrected chi connectivity index (χ3v) is 20.4. The van der Waals surface area contributed by atoms with Gasteiger partial charge in [-0.15, -0.1) is 11.8 Å². The highest BCUT2D eigenvalue weighted by molar-refractivity contribution is 8.02. The molecule has 6 aliphatic heterocycles. The minimum Gasteiger partial charge on any atom is -0.462 e. The Kier molecular flexibility index (Phi) is 22.2. The zero-order valence-corrected chi connectivity index (χ0v) is 56.2. The van der Waals surface area contributed by atoms with Crippen molar-refractivity contribution in [1.82, 2.24) is 44.5 Å². The molecule has 20 heteroatoms. The standard InChI is InChI=1S/C34H42ClFN6OS.C26H30ClN5O.C11H17NO2/c1-5-16-42(6-2)18-10-20-44-21-19-41(4)33-27-22-37-31(26-14-7-11-24-12-8-15-28(35)29(24)26)30(36)32(27)38-34(39-33)43-23-25-13-9-17-40(25)3;1-28-24-19-10-15-31(22-9-3-7-18-6-2-8-20(27)23(18)22)16-21(19)29-25(30-24)33-17-26-11-4-13-32(26)14-5-12-26;1-11(8-14-9-11)5-4-10(13)12-6-2-3-7-12/h7-8,10-12,14-15,20,22,25H,5-6,9,13,16-19,21,23H2,1-4H3;2-3,6-9H,4-5,10-17H2,1H3,(H,28,29,30);4-5H,2-3,6-9H2,1H3/b20-10+;;5-4+. The van der Waals surface area contributed by atoms with Crippen molar-refractivity contribution < 1.29 is 23.4 Å². The summed E-state index contributed by atoms with van der Waals surface area (Å²) in [5.74, 6) is 1.99. The summed E-state index contributed by atoms with van der Waals surface area (Å²) in [6, 6.07) is 24.8. The van der Waals surface area contributed by atoms with Crippen molar-refractivity contribution in [3.8, 4) is 23.3 Å². The highest BCUT2D eigenvalue weighted by Crippen LogP contribution is 2.41. The number of nitrogens with zero attached hydrogens (tertiary/aromatic N) is 11. The number of pyridine rings is 1. The van der Waals surface area contributed by atoms with E-state index in [0.717, 1.165) is 147 Å². The second kappa shape index (κ2) is 30.6. The van der Waals surface area contributed by atoms with Gasteiger partial charge in [0.05, 0.1) is 41.4 Å². The number of amides is 1. The topological polar surface area (TPSA) is 141 Å². The molecule has 5 fully saturated rings. The van der Waals surface area contributed by atoms with E-state index in [1.54, 1.807) is 24.0 Å². The fourth-order valence-electron chi connectivity index (χ4n) is 13.7. The van der Waals surface area contributed by atoms with Crippen LogP contribution in [0.4, 0.5) is 21.7 Å². The van der Waals surface area contributed by atoms with E-state index in [4.69, 9.17) is 52.4 Å². The Bertz CT molecular complexity index is 3700. The number of carbonyl (C=O) groups excluding carboxylic acids is 1. The number of rotatable bonds is 21. The molecule has 1 atom stereocenters. The van der Waals surface area contributed by atoms with Crippen LogP contribution in [0.3, 0.4) is 0 Å². The third-order valence-electron chi connectivity index (χ3n) is 18.9. The lowest BCUT2D eigenvalue weighted by atomic mass is 9.88. The van der Waals surface area contributed by atoms with Gasteiger partial charge < -0.3 is 39.1 Å². The normalized spacial score (nSPS) is 18.6. The average Bonchev–Trinajstić information content (AvgIpc) is 1.95. The number of carbonyl (C=O) groups is 1. The van der Waals surface area contributed by atoms with Gasteiger partial charge in [-0.2, -0.15) is 19.9 Å². The summed E-state index contributed by atoms with van der Waals surface area (Å²) < 4.78 is 34.0. The number of likely N-dealkylation sites (tertiary alicyclic amines) is 2. The number of hydrogen-bond donors (Lipinski definition) is 1.